The third-order valence-corrected chi connectivity index (χ3v) is 8.10. The van der Waals surface area contributed by atoms with Gasteiger partial charge in [-0.3, -0.25) is 14.1 Å². The molecule has 1 N–H and O–H groups in total. The molecule has 27 heavy (non-hydrogen) atoms. The summed E-state index contributed by atoms with van der Waals surface area (Å²) in [6, 6.07) is 5.22. The van der Waals surface area contributed by atoms with E-state index in [4.69, 9.17) is 0 Å². The maximum absolute atomic E-state index is 12.4. The van der Waals surface area contributed by atoms with E-state index in [2.05, 4.69) is 6.92 Å². The number of benzene rings is 1. The number of Topliss-reactive ketones (excluding diaryl/α,β-unsaturated/α-hetero) is 1. The minimum Gasteiger partial charge on any atom is -0.299 e. The van der Waals surface area contributed by atoms with Gasteiger partial charge in [-0.1, -0.05) is 13.0 Å². The van der Waals surface area contributed by atoms with Crippen LogP contribution in [-0.4, -0.2) is 24.7 Å². The van der Waals surface area contributed by atoms with Crippen LogP contribution < -0.4 is 4.31 Å². The van der Waals surface area contributed by atoms with Gasteiger partial charge in [0.2, 0.25) is 5.91 Å². The summed E-state index contributed by atoms with van der Waals surface area (Å²) in [4.78, 5) is 24.1. The van der Waals surface area contributed by atoms with E-state index in [1.165, 1.54) is 5.56 Å². The maximum Gasteiger partial charge on any atom is 0.366 e. The van der Waals surface area contributed by atoms with Crippen LogP contribution in [0.5, 0.6) is 0 Å². The zero-order valence-electron chi connectivity index (χ0n) is 15.6. The molecule has 4 rings (SSSR count). The van der Waals surface area contributed by atoms with Crippen LogP contribution in [-0.2, 0) is 26.3 Å². The van der Waals surface area contributed by atoms with Crippen LogP contribution in [0.1, 0.15) is 63.0 Å². The van der Waals surface area contributed by atoms with Gasteiger partial charge in [-0.15, -0.1) is 0 Å². The average Bonchev–Trinajstić information content (AvgIpc) is 2.88. The highest BCUT2D eigenvalue weighted by molar-refractivity contribution is 7.88. The topological polar surface area (TPSA) is 91.8 Å². The largest absolute Gasteiger partial charge is 0.366 e. The molecular formula is C20H25NO5S. The van der Waals surface area contributed by atoms with E-state index in [0.717, 1.165) is 44.6 Å². The number of hydrogen-bond acceptors (Lipinski definition) is 4. The van der Waals surface area contributed by atoms with Crippen LogP contribution in [0.2, 0.25) is 0 Å². The lowest BCUT2D eigenvalue weighted by Crippen LogP contribution is -2.42. The average molecular weight is 391 g/mol. The number of fused-ring (bicyclic) bond motifs is 5. The molecule has 7 heteroatoms. The molecule has 3 aliphatic rings. The summed E-state index contributed by atoms with van der Waals surface area (Å²) in [5.41, 5.74) is 2.25. The van der Waals surface area contributed by atoms with Crippen molar-refractivity contribution < 1.29 is 22.6 Å². The van der Waals surface area contributed by atoms with Crippen LogP contribution in [0.3, 0.4) is 0 Å². The molecule has 0 bridgehead atoms. The second kappa shape index (κ2) is 6.14. The number of anilines is 1. The van der Waals surface area contributed by atoms with Crippen LogP contribution in [0, 0.1) is 17.3 Å². The summed E-state index contributed by atoms with van der Waals surface area (Å²) in [5, 5.41) is 0. The van der Waals surface area contributed by atoms with Crippen molar-refractivity contribution in [3.05, 3.63) is 29.3 Å². The van der Waals surface area contributed by atoms with Gasteiger partial charge in [0.05, 0.1) is 5.69 Å². The Kier molecular flexibility index (Phi) is 4.23. The Bertz CT molecular complexity index is 924. The molecule has 2 saturated carbocycles. The highest BCUT2D eigenvalue weighted by Gasteiger charge is 2.54. The molecule has 6 nitrogen and oxygen atoms in total. The number of rotatable bonds is 2. The third-order valence-electron chi connectivity index (χ3n) is 7.17. The molecule has 2 fully saturated rings. The molecule has 0 radical (unpaired) electrons. The number of nitrogens with zero attached hydrogens (tertiary/aromatic N) is 1. The molecule has 146 valence electrons. The molecular weight excluding hydrogens is 366 g/mol. The van der Waals surface area contributed by atoms with Gasteiger partial charge in [-0.25, -0.2) is 0 Å². The minimum absolute atomic E-state index is 0.172. The Morgan fingerprint density at radius 2 is 1.96 bits per heavy atom. The summed E-state index contributed by atoms with van der Waals surface area (Å²) in [6.45, 7) is 3.25. The van der Waals surface area contributed by atoms with E-state index in [-0.39, 0.29) is 11.1 Å². The lowest BCUT2D eigenvalue weighted by atomic mass is 9.55. The molecule has 0 spiro atoms. The second-order valence-corrected chi connectivity index (χ2v) is 9.74. The number of carbonyl (C=O) groups excluding carboxylic acids is 2. The molecule has 1 amide bonds. The van der Waals surface area contributed by atoms with E-state index in [0.29, 0.717) is 34.3 Å². The monoisotopic (exact) mass is 391 g/mol. The minimum atomic E-state index is -4.65. The molecule has 0 saturated heterocycles. The van der Waals surface area contributed by atoms with Gasteiger partial charge in [-0.05, 0) is 73.1 Å². The van der Waals surface area contributed by atoms with Gasteiger partial charge in [0.1, 0.15) is 5.78 Å². The lowest BCUT2D eigenvalue weighted by molar-refractivity contribution is -0.129. The number of carbonyl (C=O) groups is 2. The van der Waals surface area contributed by atoms with Gasteiger partial charge >= 0.3 is 10.3 Å². The second-order valence-electron chi connectivity index (χ2n) is 8.48. The van der Waals surface area contributed by atoms with Gasteiger partial charge in [0.15, 0.2) is 0 Å². The first-order chi connectivity index (χ1) is 12.6. The quantitative estimate of drug-likeness (QED) is 0.781. The normalized spacial score (nSPS) is 32.4. The predicted molar refractivity (Wildman–Crippen MR) is 101 cm³/mol. The van der Waals surface area contributed by atoms with Gasteiger partial charge in [-0.2, -0.15) is 12.7 Å². The van der Waals surface area contributed by atoms with Crippen molar-refractivity contribution in [2.75, 3.05) is 4.31 Å². The Balaban J connectivity index is 1.69. The number of hydrogen-bond donors (Lipinski definition) is 1. The zero-order valence-corrected chi connectivity index (χ0v) is 16.5. The first-order valence-electron chi connectivity index (χ1n) is 9.57. The number of aryl methyl sites for hydroxylation is 1. The van der Waals surface area contributed by atoms with E-state index < -0.39 is 16.2 Å². The Morgan fingerprint density at radius 3 is 2.63 bits per heavy atom. The molecule has 3 aliphatic carbocycles. The molecule has 0 aliphatic heterocycles. The van der Waals surface area contributed by atoms with Crippen molar-refractivity contribution >= 4 is 27.7 Å². The fraction of sp³-hybridized carbons (Fsp3) is 0.600. The van der Waals surface area contributed by atoms with Crippen molar-refractivity contribution in [3.63, 3.8) is 0 Å². The summed E-state index contributed by atoms with van der Waals surface area (Å²) in [5.74, 6) is 0.965. The Morgan fingerprint density at radius 1 is 1.22 bits per heavy atom. The van der Waals surface area contributed by atoms with Crippen molar-refractivity contribution in [1.82, 2.24) is 0 Å². The predicted octanol–water partition coefficient (Wildman–Crippen LogP) is 3.27. The highest BCUT2D eigenvalue weighted by atomic mass is 32.2. The maximum atomic E-state index is 12.4. The molecule has 0 heterocycles. The van der Waals surface area contributed by atoms with E-state index in [1.54, 1.807) is 12.1 Å². The molecule has 3 unspecified atom stereocenters. The van der Waals surface area contributed by atoms with Gasteiger partial charge < -0.3 is 0 Å². The van der Waals surface area contributed by atoms with Crippen molar-refractivity contribution in [2.24, 2.45) is 17.3 Å². The van der Waals surface area contributed by atoms with Crippen molar-refractivity contribution in [3.8, 4) is 0 Å². The molecule has 4 atom stereocenters. The fourth-order valence-corrected chi connectivity index (χ4v) is 6.65. The Hall–Kier alpha value is -1.73. The first-order valence-corrected chi connectivity index (χ1v) is 11.0. The lowest BCUT2D eigenvalue weighted by Gasteiger charge is -2.48. The molecule has 0 aromatic heterocycles. The number of ketones is 1. The summed E-state index contributed by atoms with van der Waals surface area (Å²) in [7, 11) is -4.65. The third kappa shape index (κ3) is 2.83. The van der Waals surface area contributed by atoms with E-state index >= 15 is 0 Å². The van der Waals surface area contributed by atoms with Crippen LogP contribution in [0.25, 0.3) is 0 Å². The summed E-state index contributed by atoms with van der Waals surface area (Å²) >= 11 is 0. The SMILES string of the molecule is CC(=O)N(c1ccc2c(c1)CCC1C2CC[C@]2(C)C(=O)CCC12)S(=O)(=O)O. The summed E-state index contributed by atoms with van der Waals surface area (Å²) < 4.78 is 33.0. The van der Waals surface area contributed by atoms with Crippen LogP contribution in [0.15, 0.2) is 18.2 Å². The molecule has 1 aromatic carbocycles. The van der Waals surface area contributed by atoms with Crippen LogP contribution >= 0.6 is 0 Å². The Labute approximate surface area is 159 Å². The zero-order chi connectivity index (χ0) is 19.6. The highest BCUT2D eigenvalue weighted by Crippen LogP contribution is 2.59. The standard InChI is InChI=1S/C20H25NO5S/c1-12(22)21(27(24,25)26)14-4-6-15-13(11-14)3-5-17-16(15)9-10-20(2)18(17)7-8-19(20)23/h4,6,11,16-18H,3,5,7-10H2,1-2H3,(H,24,25,26)/t16?,17?,18?,20-/m0/s1. The van der Waals surface area contributed by atoms with Crippen LogP contribution in [0.4, 0.5) is 5.69 Å². The molecule has 1 aromatic rings. The van der Waals surface area contributed by atoms with E-state index in [1.807, 2.05) is 6.07 Å². The van der Waals surface area contributed by atoms with Gasteiger partial charge in [0.25, 0.3) is 0 Å². The number of amides is 1. The first kappa shape index (κ1) is 18.6. The fourth-order valence-electron chi connectivity index (χ4n) is 5.94. The van der Waals surface area contributed by atoms with Gasteiger partial charge in [0, 0.05) is 18.8 Å². The smallest absolute Gasteiger partial charge is 0.299 e. The summed E-state index contributed by atoms with van der Waals surface area (Å²) in [6.07, 6.45) is 5.31. The van der Waals surface area contributed by atoms with Crippen molar-refractivity contribution in [1.29, 1.82) is 0 Å². The van der Waals surface area contributed by atoms with Crippen molar-refractivity contribution in [2.45, 2.75) is 58.3 Å². The van der Waals surface area contributed by atoms with E-state index in [9.17, 15) is 22.6 Å².